The zero-order chi connectivity index (χ0) is 4.41. The Morgan fingerprint density at radius 3 is 2.83 bits per heavy atom. The van der Waals surface area contributed by atoms with Gasteiger partial charge in [-0.05, 0) is 0 Å². The second kappa shape index (κ2) is 1.51. The fraction of sp³-hybridized carbons (Fsp3) is 0.667. The largest absolute Gasteiger partial charge is 0.346 e. The molecule has 0 radical (unpaired) electrons. The Morgan fingerprint density at radius 2 is 2.67 bits per heavy atom. The molecule has 1 heterocycles. The highest BCUT2D eigenvalue weighted by atomic mass is 32.2. The van der Waals surface area contributed by atoms with Crippen LogP contribution in [-0.2, 0) is 4.79 Å². The molecule has 0 bridgehead atoms. The fourth-order valence-electron chi connectivity index (χ4n) is 0.220. The summed E-state index contributed by atoms with van der Waals surface area (Å²) in [6, 6.07) is 0. The third-order valence-electron chi connectivity index (χ3n) is 0.587. The second-order valence-corrected chi connectivity index (χ2v) is 2.34. The van der Waals surface area contributed by atoms with Crippen LogP contribution in [0.3, 0.4) is 0 Å². The molecule has 0 aromatic carbocycles. The van der Waals surface area contributed by atoms with E-state index in [4.69, 9.17) is 0 Å². The van der Waals surface area contributed by atoms with Crippen LogP contribution in [0.1, 0.15) is 0 Å². The van der Waals surface area contributed by atoms with E-state index in [9.17, 15) is 4.79 Å². The lowest BCUT2D eigenvalue weighted by Crippen LogP contribution is -2.12. The molecule has 3 heteroatoms. The molecule has 2 nitrogen and oxygen atoms in total. The molecule has 0 saturated carbocycles. The molecule has 0 aromatic rings. The van der Waals surface area contributed by atoms with Gasteiger partial charge in [-0.3, -0.25) is 4.79 Å². The molecule has 1 amide bonds. The van der Waals surface area contributed by atoms with Gasteiger partial charge < -0.3 is 5.32 Å². The van der Waals surface area contributed by atoms with Crippen molar-refractivity contribution in [2.24, 2.45) is 0 Å². The van der Waals surface area contributed by atoms with Crippen LogP contribution < -0.4 is 5.32 Å². The maximum atomic E-state index is 9.53. The SMILES string of the molecule is O=CNC1CS1. The van der Waals surface area contributed by atoms with E-state index in [0.29, 0.717) is 5.37 Å². The molecule has 0 spiro atoms. The fourth-order valence-corrected chi connectivity index (χ4v) is 0.564. The van der Waals surface area contributed by atoms with Crippen LogP contribution in [0.25, 0.3) is 0 Å². The van der Waals surface area contributed by atoms with Crippen molar-refractivity contribution >= 4 is 18.2 Å². The molecule has 1 atom stereocenters. The maximum absolute atomic E-state index is 9.53. The molecule has 1 rings (SSSR count). The number of carbonyl (C=O) groups is 1. The highest BCUT2D eigenvalue weighted by molar-refractivity contribution is 8.06. The van der Waals surface area contributed by atoms with Gasteiger partial charge in [-0.1, -0.05) is 0 Å². The van der Waals surface area contributed by atoms with Crippen LogP contribution in [0.4, 0.5) is 0 Å². The molecule has 6 heavy (non-hydrogen) atoms. The normalized spacial score (nSPS) is 29.0. The topological polar surface area (TPSA) is 29.1 Å². The molecule has 1 unspecified atom stereocenters. The van der Waals surface area contributed by atoms with Crippen LogP contribution in [0.15, 0.2) is 0 Å². The van der Waals surface area contributed by atoms with Gasteiger partial charge in [0.15, 0.2) is 0 Å². The molecular weight excluding hydrogens is 98.1 g/mol. The van der Waals surface area contributed by atoms with Gasteiger partial charge in [0.05, 0.1) is 5.37 Å². The predicted octanol–water partition coefficient (Wildman–Crippen LogP) is -0.195. The van der Waals surface area contributed by atoms with Crippen molar-refractivity contribution < 1.29 is 4.79 Å². The van der Waals surface area contributed by atoms with Crippen LogP contribution in [-0.4, -0.2) is 17.5 Å². The number of nitrogens with one attached hydrogen (secondary N) is 1. The molecule has 1 N–H and O–H groups in total. The Labute approximate surface area is 40.3 Å². The molecule has 1 aliphatic rings. The number of hydrogen-bond acceptors (Lipinski definition) is 2. The van der Waals surface area contributed by atoms with E-state index in [1.807, 2.05) is 0 Å². The lowest BCUT2D eigenvalue weighted by atomic mass is 10.8. The Hall–Kier alpha value is -0.180. The monoisotopic (exact) mass is 103 g/mol. The van der Waals surface area contributed by atoms with Gasteiger partial charge in [-0.15, -0.1) is 11.8 Å². The molecule has 0 aliphatic carbocycles. The lowest BCUT2D eigenvalue weighted by Gasteiger charge is -1.80. The summed E-state index contributed by atoms with van der Waals surface area (Å²) in [5.41, 5.74) is 0. The minimum absolute atomic E-state index is 0.447. The summed E-state index contributed by atoms with van der Waals surface area (Å²) in [4.78, 5) is 9.53. The van der Waals surface area contributed by atoms with Crippen molar-refractivity contribution in [2.75, 3.05) is 5.75 Å². The smallest absolute Gasteiger partial charge is 0.208 e. The summed E-state index contributed by atoms with van der Waals surface area (Å²) in [6.07, 6.45) is 0.741. The Kier molecular flexibility index (Phi) is 1.01. The molecular formula is C3H5NOS. The van der Waals surface area contributed by atoms with E-state index in [-0.39, 0.29) is 0 Å². The number of hydrogen-bond donors (Lipinski definition) is 1. The molecule has 1 saturated heterocycles. The van der Waals surface area contributed by atoms with Crippen molar-refractivity contribution in [2.45, 2.75) is 5.37 Å². The first-order valence-electron chi connectivity index (χ1n) is 1.75. The van der Waals surface area contributed by atoms with Crippen molar-refractivity contribution in [1.82, 2.24) is 5.32 Å². The zero-order valence-electron chi connectivity index (χ0n) is 3.18. The third-order valence-corrected chi connectivity index (χ3v) is 1.39. The Balaban J connectivity index is 2.00. The third kappa shape index (κ3) is 0.897. The maximum Gasteiger partial charge on any atom is 0.208 e. The number of amides is 1. The summed E-state index contributed by atoms with van der Waals surface area (Å²) >= 11 is 1.75. The van der Waals surface area contributed by atoms with Crippen molar-refractivity contribution in [3.8, 4) is 0 Å². The van der Waals surface area contributed by atoms with Gasteiger partial charge >= 0.3 is 0 Å². The first kappa shape index (κ1) is 3.99. The van der Waals surface area contributed by atoms with E-state index in [1.165, 1.54) is 0 Å². The van der Waals surface area contributed by atoms with Crippen LogP contribution >= 0.6 is 11.8 Å². The van der Waals surface area contributed by atoms with Gasteiger partial charge in [0.25, 0.3) is 0 Å². The predicted molar refractivity (Wildman–Crippen MR) is 25.4 cm³/mol. The Bertz CT molecular complexity index is 61.8. The minimum atomic E-state index is 0.447. The average Bonchev–Trinajstić information content (AvgIpc) is 2.21. The molecule has 34 valence electrons. The molecule has 1 fully saturated rings. The number of carbonyl (C=O) groups excluding carboxylic acids is 1. The van der Waals surface area contributed by atoms with E-state index in [0.717, 1.165) is 12.2 Å². The van der Waals surface area contributed by atoms with Crippen molar-refractivity contribution in [3.63, 3.8) is 0 Å². The van der Waals surface area contributed by atoms with Gasteiger partial charge in [0.1, 0.15) is 0 Å². The summed E-state index contributed by atoms with van der Waals surface area (Å²) in [5, 5.41) is 3.05. The van der Waals surface area contributed by atoms with Crippen LogP contribution in [0, 0.1) is 0 Å². The molecule has 0 aromatic heterocycles. The number of thioether (sulfide) groups is 1. The van der Waals surface area contributed by atoms with Gasteiger partial charge in [0, 0.05) is 5.75 Å². The summed E-state index contributed by atoms with van der Waals surface area (Å²) in [7, 11) is 0. The zero-order valence-corrected chi connectivity index (χ0v) is 3.99. The van der Waals surface area contributed by atoms with E-state index >= 15 is 0 Å². The quantitative estimate of drug-likeness (QED) is 0.387. The highest BCUT2D eigenvalue weighted by Gasteiger charge is 2.20. The number of rotatable bonds is 2. The minimum Gasteiger partial charge on any atom is -0.346 e. The molecule has 1 aliphatic heterocycles. The van der Waals surface area contributed by atoms with E-state index < -0.39 is 0 Å². The second-order valence-electron chi connectivity index (χ2n) is 1.11. The van der Waals surface area contributed by atoms with E-state index in [1.54, 1.807) is 11.8 Å². The summed E-state index contributed by atoms with van der Waals surface area (Å²) in [5.74, 6) is 1.10. The van der Waals surface area contributed by atoms with Crippen LogP contribution in [0.5, 0.6) is 0 Å². The Morgan fingerprint density at radius 1 is 2.00 bits per heavy atom. The first-order chi connectivity index (χ1) is 2.93. The first-order valence-corrected chi connectivity index (χ1v) is 2.79. The van der Waals surface area contributed by atoms with Gasteiger partial charge in [0.2, 0.25) is 6.41 Å². The van der Waals surface area contributed by atoms with Gasteiger partial charge in [-0.2, -0.15) is 0 Å². The average molecular weight is 103 g/mol. The lowest BCUT2D eigenvalue weighted by molar-refractivity contribution is -0.109. The van der Waals surface area contributed by atoms with Gasteiger partial charge in [-0.25, -0.2) is 0 Å². The van der Waals surface area contributed by atoms with Crippen molar-refractivity contribution in [1.29, 1.82) is 0 Å². The highest BCUT2D eigenvalue weighted by Crippen LogP contribution is 2.25. The standard InChI is InChI=1S/C3H5NOS/c5-2-4-3-1-6-3/h2-3H,1H2,(H,4,5). The summed E-state index contributed by atoms with van der Waals surface area (Å²) in [6.45, 7) is 0. The summed E-state index contributed by atoms with van der Waals surface area (Å²) < 4.78 is 0. The van der Waals surface area contributed by atoms with E-state index in [2.05, 4.69) is 5.32 Å². The van der Waals surface area contributed by atoms with Crippen LogP contribution in [0.2, 0.25) is 0 Å². The van der Waals surface area contributed by atoms with Crippen molar-refractivity contribution in [3.05, 3.63) is 0 Å².